The second-order valence-electron chi connectivity index (χ2n) is 7.77. The molecule has 172 valence electrons. The van der Waals surface area contributed by atoms with Crippen molar-refractivity contribution in [2.45, 2.75) is 25.5 Å². The van der Waals surface area contributed by atoms with E-state index in [1.54, 1.807) is 66.9 Å². The Balaban J connectivity index is 1.51. The number of ketones is 1. The van der Waals surface area contributed by atoms with Crippen LogP contribution in [-0.4, -0.2) is 35.0 Å². The van der Waals surface area contributed by atoms with Gasteiger partial charge in [0.25, 0.3) is 0 Å². The van der Waals surface area contributed by atoms with Crippen molar-refractivity contribution in [1.82, 2.24) is 10.3 Å². The van der Waals surface area contributed by atoms with Crippen LogP contribution in [0.5, 0.6) is 5.75 Å². The predicted octanol–water partition coefficient (Wildman–Crippen LogP) is 4.68. The molecule has 0 saturated heterocycles. The summed E-state index contributed by atoms with van der Waals surface area (Å²) in [5.74, 6) is -0.717. The van der Waals surface area contributed by atoms with Crippen LogP contribution in [0.3, 0.4) is 0 Å². The molecule has 0 fully saturated rings. The van der Waals surface area contributed by atoms with Gasteiger partial charge in [-0.15, -0.1) is 0 Å². The van der Waals surface area contributed by atoms with Gasteiger partial charge >= 0.3 is 12.1 Å². The normalized spacial score (nSPS) is 12.5. The van der Waals surface area contributed by atoms with Crippen LogP contribution in [0, 0.1) is 0 Å². The molecule has 7 nitrogen and oxygen atoms in total. The molecule has 3 aromatic carbocycles. The van der Waals surface area contributed by atoms with Crippen molar-refractivity contribution in [3.05, 3.63) is 102 Å². The molecule has 0 saturated carbocycles. The SMILES string of the molecule is C[C@@H](OC(=O)[C@@H](Cc1c[nH]c2ccccc12)NC(=O)Oc1ccccc1)C(=O)c1ccccc1. The number of Topliss-reactive ketones (excluding diaryl/α,β-unsaturated/α-hetero) is 1. The van der Waals surface area contributed by atoms with Crippen LogP contribution in [0.2, 0.25) is 0 Å². The molecule has 0 radical (unpaired) electrons. The zero-order chi connectivity index (χ0) is 23.9. The number of carbonyl (C=O) groups is 3. The van der Waals surface area contributed by atoms with Crippen molar-refractivity contribution in [2.24, 2.45) is 0 Å². The second kappa shape index (κ2) is 10.5. The zero-order valence-electron chi connectivity index (χ0n) is 18.6. The van der Waals surface area contributed by atoms with Gasteiger partial charge in [-0.2, -0.15) is 0 Å². The number of amides is 1. The van der Waals surface area contributed by atoms with Crippen molar-refractivity contribution in [1.29, 1.82) is 0 Å². The van der Waals surface area contributed by atoms with Gasteiger partial charge in [-0.3, -0.25) is 4.79 Å². The minimum atomic E-state index is -1.07. The van der Waals surface area contributed by atoms with E-state index in [4.69, 9.17) is 9.47 Å². The number of benzene rings is 3. The third-order valence-electron chi connectivity index (χ3n) is 5.35. The van der Waals surface area contributed by atoms with Crippen LogP contribution in [0.1, 0.15) is 22.8 Å². The Morgan fingerprint density at radius 1 is 0.882 bits per heavy atom. The van der Waals surface area contributed by atoms with Crippen molar-refractivity contribution in [3.8, 4) is 5.75 Å². The zero-order valence-corrected chi connectivity index (χ0v) is 18.6. The van der Waals surface area contributed by atoms with E-state index >= 15 is 0 Å². The number of carbonyl (C=O) groups excluding carboxylic acids is 3. The van der Waals surface area contributed by atoms with E-state index in [9.17, 15) is 14.4 Å². The fourth-order valence-corrected chi connectivity index (χ4v) is 3.63. The maximum Gasteiger partial charge on any atom is 0.413 e. The van der Waals surface area contributed by atoms with Crippen molar-refractivity contribution < 1.29 is 23.9 Å². The highest BCUT2D eigenvalue weighted by atomic mass is 16.6. The Kier molecular flexibility index (Phi) is 7.03. The first-order chi connectivity index (χ1) is 16.5. The van der Waals surface area contributed by atoms with Gasteiger partial charge in [-0.25, -0.2) is 9.59 Å². The lowest BCUT2D eigenvalue weighted by atomic mass is 10.0. The maximum atomic E-state index is 13.1. The van der Waals surface area contributed by atoms with Gasteiger partial charge in [-0.1, -0.05) is 66.7 Å². The highest BCUT2D eigenvalue weighted by Gasteiger charge is 2.28. The molecular formula is C27H24N2O5. The molecule has 0 bridgehead atoms. The summed E-state index contributed by atoms with van der Waals surface area (Å²) in [6.45, 7) is 1.51. The molecule has 7 heteroatoms. The van der Waals surface area contributed by atoms with Crippen molar-refractivity contribution in [2.75, 3.05) is 0 Å². The number of aromatic nitrogens is 1. The number of ether oxygens (including phenoxy) is 2. The van der Waals surface area contributed by atoms with E-state index in [1.807, 2.05) is 24.3 Å². The lowest BCUT2D eigenvalue weighted by Gasteiger charge is -2.20. The summed E-state index contributed by atoms with van der Waals surface area (Å²) in [4.78, 5) is 41.4. The Labute approximate surface area is 196 Å². The Hall–Kier alpha value is -4.39. The van der Waals surface area contributed by atoms with Crippen molar-refractivity contribution in [3.63, 3.8) is 0 Å². The van der Waals surface area contributed by atoms with Gasteiger partial charge in [-0.05, 0) is 30.7 Å². The number of aromatic amines is 1. The van der Waals surface area contributed by atoms with E-state index in [-0.39, 0.29) is 12.2 Å². The molecule has 0 aliphatic heterocycles. The summed E-state index contributed by atoms with van der Waals surface area (Å²) in [7, 11) is 0. The molecule has 2 N–H and O–H groups in total. The molecule has 0 unspecified atom stereocenters. The molecule has 34 heavy (non-hydrogen) atoms. The molecule has 0 aliphatic rings. The van der Waals surface area contributed by atoms with Crippen LogP contribution in [-0.2, 0) is 16.0 Å². The summed E-state index contributed by atoms with van der Waals surface area (Å²) >= 11 is 0. The van der Waals surface area contributed by atoms with Crippen LogP contribution >= 0.6 is 0 Å². The molecule has 0 aliphatic carbocycles. The highest BCUT2D eigenvalue weighted by molar-refractivity contribution is 6.00. The first-order valence-corrected chi connectivity index (χ1v) is 10.9. The lowest BCUT2D eigenvalue weighted by molar-refractivity contribution is -0.148. The fourth-order valence-electron chi connectivity index (χ4n) is 3.63. The minimum absolute atomic E-state index is 0.152. The number of hydrogen-bond acceptors (Lipinski definition) is 5. The largest absolute Gasteiger partial charge is 0.453 e. The second-order valence-corrected chi connectivity index (χ2v) is 7.77. The molecule has 0 spiro atoms. The Morgan fingerprint density at radius 2 is 1.53 bits per heavy atom. The molecule has 1 aromatic heterocycles. The van der Waals surface area contributed by atoms with Gasteiger partial charge < -0.3 is 19.8 Å². The summed E-state index contributed by atoms with van der Waals surface area (Å²) in [6.07, 6.45) is 0.120. The summed E-state index contributed by atoms with van der Waals surface area (Å²) in [5.41, 5.74) is 2.16. The smallest absolute Gasteiger partial charge is 0.413 e. The summed E-state index contributed by atoms with van der Waals surface area (Å²) in [5, 5.41) is 3.51. The molecule has 2 atom stereocenters. The number of hydrogen-bond donors (Lipinski definition) is 2. The highest BCUT2D eigenvalue weighted by Crippen LogP contribution is 2.20. The minimum Gasteiger partial charge on any atom is -0.453 e. The maximum absolute atomic E-state index is 13.1. The average molecular weight is 456 g/mol. The standard InChI is InChI=1S/C27H24N2O5/c1-18(25(30)19-10-4-2-5-11-19)33-26(31)24(29-27(32)34-21-12-6-3-7-13-21)16-20-17-28-23-15-9-8-14-22(20)23/h2-15,17-18,24,28H,16H2,1H3,(H,29,32)/t18-,24-/m1/s1. The predicted molar refractivity (Wildman–Crippen MR) is 128 cm³/mol. The third-order valence-corrected chi connectivity index (χ3v) is 5.35. The van der Waals surface area contributed by atoms with Gasteiger partial charge in [0, 0.05) is 29.1 Å². The summed E-state index contributed by atoms with van der Waals surface area (Å²) < 4.78 is 10.8. The van der Waals surface area contributed by atoms with E-state index in [1.165, 1.54) is 6.92 Å². The van der Waals surface area contributed by atoms with Crippen LogP contribution in [0.4, 0.5) is 4.79 Å². The first-order valence-electron chi connectivity index (χ1n) is 10.9. The number of para-hydroxylation sites is 2. The lowest BCUT2D eigenvalue weighted by Crippen LogP contribution is -2.46. The summed E-state index contributed by atoms with van der Waals surface area (Å²) in [6, 6.07) is 23.7. The molecular weight excluding hydrogens is 432 g/mol. The number of H-pyrrole nitrogens is 1. The average Bonchev–Trinajstić information content (AvgIpc) is 3.27. The molecule has 4 rings (SSSR count). The van der Waals surface area contributed by atoms with Gasteiger partial charge in [0.2, 0.25) is 5.78 Å². The topological polar surface area (TPSA) is 97.5 Å². The third kappa shape index (κ3) is 5.50. The fraction of sp³-hybridized carbons (Fsp3) is 0.148. The van der Waals surface area contributed by atoms with Gasteiger partial charge in [0.05, 0.1) is 0 Å². The Morgan fingerprint density at radius 3 is 2.26 bits per heavy atom. The monoisotopic (exact) mass is 456 g/mol. The molecule has 4 aromatic rings. The number of rotatable bonds is 8. The molecule has 1 heterocycles. The molecule has 1 amide bonds. The van der Waals surface area contributed by atoms with E-state index in [0.717, 1.165) is 16.5 Å². The van der Waals surface area contributed by atoms with Gasteiger partial charge in [0.1, 0.15) is 11.8 Å². The quantitative estimate of drug-likeness (QED) is 0.296. The first kappa shape index (κ1) is 22.8. The van der Waals surface area contributed by atoms with E-state index in [2.05, 4.69) is 10.3 Å². The van der Waals surface area contributed by atoms with E-state index < -0.39 is 24.2 Å². The van der Waals surface area contributed by atoms with E-state index in [0.29, 0.717) is 11.3 Å². The number of nitrogens with one attached hydrogen (secondary N) is 2. The van der Waals surface area contributed by atoms with Crippen LogP contribution in [0.15, 0.2) is 91.1 Å². The van der Waals surface area contributed by atoms with Crippen LogP contribution in [0.25, 0.3) is 10.9 Å². The van der Waals surface area contributed by atoms with Crippen molar-refractivity contribution >= 4 is 28.7 Å². The number of fused-ring (bicyclic) bond motifs is 1. The van der Waals surface area contributed by atoms with Gasteiger partial charge in [0.15, 0.2) is 6.10 Å². The van der Waals surface area contributed by atoms with Crippen LogP contribution < -0.4 is 10.1 Å². The Bertz CT molecular complexity index is 1280. The number of esters is 1.